The van der Waals surface area contributed by atoms with E-state index in [0.29, 0.717) is 0 Å². The summed E-state index contributed by atoms with van der Waals surface area (Å²) in [5.74, 6) is 0. The maximum absolute atomic E-state index is 13.8. The van der Waals surface area contributed by atoms with Gasteiger partial charge in [0.15, 0.2) is 0 Å². The molecule has 0 fully saturated rings. The van der Waals surface area contributed by atoms with Gasteiger partial charge in [0.05, 0.1) is 11.0 Å². The molecule has 0 atom stereocenters. The lowest BCUT2D eigenvalue weighted by molar-refractivity contribution is 1.21. The molecule has 39 heavy (non-hydrogen) atoms. The van der Waals surface area contributed by atoms with Crippen LogP contribution in [-0.2, 0) is 0 Å². The van der Waals surface area contributed by atoms with Crippen molar-refractivity contribution in [2.24, 2.45) is 0 Å². The summed E-state index contributed by atoms with van der Waals surface area (Å²) in [5.41, 5.74) is 4.31. The highest BCUT2D eigenvalue weighted by Crippen LogP contribution is 2.38. The number of benzene rings is 7. The van der Waals surface area contributed by atoms with E-state index in [2.05, 4.69) is 103 Å². The zero-order chi connectivity index (χ0) is 25.7. The predicted molar refractivity (Wildman–Crippen MR) is 165 cm³/mol. The van der Waals surface area contributed by atoms with Crippen LogP contribution in [0.3, 0.4) is 0 Å². The quantitative estimate of drug-likeness (QED) is 0.164. The van der Waals surface area contributed by atoms with Crippen molar-refractivity contribution in [2.75, 3.05) is 0 Å². The molecule has 2 aromatic heterocycles. The van der Waals surface area contributed by atoms with Gasteiger partial charge >= 0.3 is 0 Å². The molecule has 0 aliphatic carbocycles. The first-order valence-electron chi connectivity index (χ1n) is 13.3. The number of hydrogen-bond donors (Lipinski definition) is 0. The van der Waals surface area contributed by atoms with E-state index in [1.54, 1.807) is 0 Å². The van der Waals surface area contributed by atoms with Crippen LogP contribution in [0.25, 0.3) is 81.4 Å². The molecule has 0 bridgehead atoms. The molecule has 0 amide bonds. The molecule has 9 rings (SSSR count). The Morgan fingerprint density at radius 3 is 2.00 bits per heavy atom. The number of nitrogens with zero attached hydrogens (tertiary/aromatic N) is 1. The van der Waals surface area contributed by atoms with Gasteiger partial charge < -0.3 is 0 Å². The molecule has 7 aromatic carbocycles. The summed E-state index contributed by atoms with van der Waals surface area (Å²) in [6, 6.07) is 45.1. The Labute approximate surface area is 223 Å². The summed E-state index contributed by atoms with van der Waals surface area (Å²) >= 11 is 0. The van der Waals surface area contributed by atoms with Crippen LogP contribution in [0, 0.1) is 0 Å². The Kier molecular flexibility index (Phi) is 3.96. The summed E-state index contributed by atoms with van der Waals surface area (Å²) in [6.45, 7) is 0. The van der Waals surface area contributed by atoms with Crippen LogP contribution in [0.15, 0.2) is 132 Å². The van der Waals surface area contributed by atoms with E-state index in [1.165, 1.54) is 37.9 Å². The van der Waals surface area contributed by atoms with Gasteiger partial charge in [-0.15, -0.1) is 0 Å². The lowest BCUT2D eigenvalue weighted by Gasteiger charge is -2.12. The summed E-state index contributed by atoms with van der Waals surface area (Å²) in [7, 11) is 0. The minimum Gasteiger partial charge on any atom is -0.275 e. The third kappa shape index (κ3) is 2.73. The fourth-order valence-corrected chi connectivity index (χ4v) is 6.72. The molecule has 9 aromatic rings. The van der Waals surface area contributed by atoms with Gasteiger partial charge in [-0.3, -0.25) is 9.20 Å². The molecule has 0 radical (unpaired) electrons. The van der Waals surface area contributed by atoms with E-state index in [4.69, 9.17) is 0 Å². The van der Waals surface area contributed by atoms with Crippen molar-refractivity contribution in [3.8, 4) is 11.1 Å². The van der Waals surface area contributed by atoms with Crippen LogP contribution in [-0.4, -0.2) is 4.40 Å². The highest BCUT2D eigenvalue weighted by atomic mass is 16.1. The van der Waals surface area contributed by atoms with Gasteiger partial charge in [0.25, 0.3) is 5.56 Å². The third-order valence-electron chi connectivity index (χ3n) is 8.49. The van der Waals surface area contributed by atoms with Gasteiger partial charge in [0.2, 0.25) is 0 Å². The maximum atomic E-state index is 13.8. The van der Waals surface area contributed by atoms with E-state index < -0.39 is 0 Å². The minimum absolute atomic E-state index is 0.0391. The van der Waals surface area contributed by atoms with Gasteiger partial charge in [0, 0.05) is 21.5 Å². The first-order valence-corrected chi connectivity index (χ1v) is 13.3. The number of para-hydroxylation sites is 2. The molecule has 2 heterocycles. The summed E-state index contributed by atoms with van der Waals surface area (Å²) in [6.07, 6.45) is 0. The van der Waals surface area contributed by atoms with Crippen LogP contribution in [0.1, 0.15) is 0 Å². The molecule has 0 unspecified atom stereocenters. The molecular formula is C37H21NO. The standard InChI is InChI=1S/C37H21NO/c39-37-32-18-16-25(21-34(32)31-13-6-12-30-29-9-3-4-14-35(29)38(37)36(30)31)26-10-5-11-27-28(26)17-15-24-19-22-7-1-2-8-23(22)20-33(24)27/h1-21H. The lowest BCUT2D eigenvalue weighted by Crippen LogP contribution is -2.12. The van der Waals surface area contributed by atoms with Crippen molar-refractivity contribution >= 4 is 70.3 Å². The molecule has 0 N–H and O–H groups in total. The van der Waals surface area contributed by atoms with E-state index in [9.17, 15) is 4.79 Å². The maximum Gasteiger partial charge on any atom is 0.263 e. The van der Waals surface area contributed by atoms with Crippen molar-refractivity contribution in [3.05, 3.63) is 138 Å². The molecule has 2 nitrogen and oxygen atoms in total. The Balaban J connectivity index is 1.36. The summed E-state index contributed by atoms with van der Waals surface area (Å²) < 4.78 is 1.90. The second kappa shape index (κ2) is 7.43. The molecule has 0 saturated carbocycles. The van der Waals surface area contributed by atoms with Crippen LogP contribution < -0.4 is 5.56 Å². The van der Waals surface area contributed by atoms with Gasteiger partial charge in [-0.2, -0.15) is 0 Å². The second-order valence-corrected chi connectivity index (χ2v) is 10.5. The van der Waals surface area contributed by atoms with E-state index >= 15 is 0 Å². The normalized spacial score (nSPS) is 12.2. The Hall–Kier alpha value is -5.21. The van der Waals surface area contributed by atoms with Gasteiger partial charge in [0.1, 0.15) is 0 Å². The number of pyridine rings is 1. The van der Waals surface area contributed by atoms with Crippen LogP contribution in [0.4, 0.5) is 0 Å². The number of rotatable bonds is 1. The van der Waals surface area contributed by atoms with Crippen LogP contribution in [0.5, 0.6) is 0 Å². The number of aromatic nitrogens is 1. The highest BCUT2D eigenvalue weighted by molar-refractivity contribution is 6.21. The Morgan fingerprint density at radius 2 is 1.10 bits per heavy atom. The van der Waals surface area contributed by atoms with E-state index in [-0.39, 0.29) is 5.56 Å². The first kappa shape index (κ1) is 20.8. The minimum atomic E-state index is 0.0391. The van der Waals surface area contributed by atoms with Gasteiger partial charge in [-0.05, 0) is 79.2 Å². The average molecular weight is 496 g/mol. The molecular weight excluding hydrogens is 474 g/mol. The number of hydrogen-bond acceptors (Lipinski definition) is 1. The summed E-state index contributed by atoms with van der Waals surface area (Å²) in [4.78, 5) is 13.8. The number of fused-ring (bicyclic) bond motifs is 9. The van der Waals surface area contributed by atoms with Crippen molar-refractivity contribution in [1.29, 1.82) is 0 Å². The fourth-order valence-electron chi connectivity index (χ4n) is 6.72. The smallest absolute Gasteiger partial charge is 0.263 e. The first-order chi connectivity index (χ1) is 19.3. The van der Waals surface area contributed by atoms with Crippen molar-refractivity contribution in [1.82, 2.24) is 4.40 Å². The molecule has 0 saturated heterocycles. The van der Waals surface area contributed by atoms with Crippen molar-refractivity contribution in [3.63, 3.8) is 0 Å². The molecule has 0 spiro atoms. The zero-order valence-corrected chi connectivity index (χ0v) is 21.0. The zero-order valence-electron chi connectivity index (χ0n) is 21.0. The van der Waals surface area contributed by atoms with Crippen molar-refractivity contribution in [2.45, 2.75) is 0 Å². The monoisotopic (exact) mass is 495 g/mol. The van der Waals surface area contributed by atoms with E-state index in [1.807, 2.05) is 28.7 Å². The molecule has 2 heteroatoms. The largest absolute Gasteiger partial charge is 0.275 e. The topological polar surface area (TPSA) is 21.5 Å². The molecule has 0 aliphatic rings. The fraction of sp³-hybridized carbons (Fsp3) is 0. The van der Waals surface area contributed by atoms with Gasteiger partial charge in [-0.25, -0.2) is 0 Å². The molecule has 180 valence electrons. The molecule has 0 aliphatic heterocycles. The highest BCUT2D eigenvalue weighted by Gasteiger charge is 2.17. The Bertz CT molecular complexity index is 2520. The third-order valence-corrected chi connectivity index (χ3v) is 8.49. The SMILES string of the molecule is O=c1c2ccc(-c3cccc4c3ccc3cc5ccccc5cc34)cc2c2cccc3c4ccccc4n1c23. The average Bonchev–Trinajstić information content (AvgIpc) is 3.33. The van der Waals surface area contributed by atoms with Crippen LogP contribution >= 0.6 is 0 Å². The van der Waals surface area contributed by atoms with E-state index in [0.717, 1.165) is 43.5 Å². The second-order valence-electron chi connectivity index (χ2n) is 10.5. The Morgan fingerprint density at radius 1 is 0.410 bits per heavy atom. The van der Waals surface area contributed by atoms with Crippen molar-refractivity contribution < 1.29 is 0 Å². The van der Waals surface area contributed by atoms with Crippen LogP contribution in [0.2, 0.25) is 0 Å². The van der Waals surface area contributed by atoms with Gasteiger partial charge in [-0.1, -0.05) is 97.1 Å². The predicted octanol–water partition coefficient (Wildman–Crippen LogP) is 9.32. The lowest BCUT2D eigenvalue weighted by atomic mass is 9.92. The summed E-state index contributed by atoms with van der Waals surface area (Å²) in [5, 5.41) is 12.6.